The summed E-state index contributed by atoms with van der Waals surface area (Å²) >= 11 is 0. The van der Waals surface area contributed by atoms with E-state index in [2.05, 4.69) is 20.3 Å². The van der Waals surface area contributed by atoms with E-state index in [0.717, 1.165) is 5.69 Å². The second-order valence-electron chi connectivity index (χ2n) is 6.70. The van der Waals surface area contributed by atoms with Crippen LogP contribution in [0.4, 0.5) is 16.0 Å². The van der Waals surface area contributed by atoms with E-state index in [1.54, 1.807) is 23.2 Å². The number of halogens is 1. The third-order valence-corrected chi connectivity index (χ3v) is 4.81. The first-order valence-electron chi connectivity index (χ1n) is 9.45. The highest BCUT2D eigenvalue weighted by molar-refractivity contribution is 5.93. The molecule has 0 unspecified atom stereocenters. The molecule has 1 aliphatic rings. The molecule has 1 aromatic carbocycles. The number of aromatic nitrogens is 3. The van der Waals surface area contributed by atoms with E-state index in [-0.39, 0.29) is 11.7 Å². The summed E-state index contributed by atoms with van der Waals surface area (Å²) in [4.78, 5) is 29.1. The molecule has 1 saturated heterocycles. The lowest BCUT2D eigenvalue weighted by Gasteiger charge is -2.36. The first kappa shape index (κ1) is 18.8. The molecular weight excluding hydrogens is 371 g/mol. The van der Waals surface area contributed by atoms with Crippen molar-refractivity contribution in [1.29, 1.82) is 0 Å². The summed E-state index contributed by atoms with van der Waals surface area (Å²) in [5.74, 6) is 0.0838. The van der Waals surface area contributed by atoms with Crippen LogP contribution in [0.2, 0.25) is 0 Å². The van der Waals surface area contributed by atoms with Gasteiger partial charge in [0.15, 0.2) is 0 Å². The van der Waals surface area contributed by atoms with Gasteiger partial charge in [-0.15, -0.1) is 0 Å². The average Bonchev–Trinajstić information content (AvgIpc) is 2.79. The minimum absolute atomic E-state index is 0.116. The first-order valence-corrected chi connectivity index (χ1v) is 9.45. The summed E-state index contributed by atoms with van der Waals surface area (Å²) in [5, 5.41) is 3.08. The molecule has 1 amide bonds. The number of carbonyl (C=O) groups is 1. The number of carbonyl (C=O) groups excluding carboxylic acids is 1. The smallest absolute Gasteiger partial charge is 0.257 e. The number of nitrogens with one attached hydrogen (secondary N) is 1. The van der Waals surface area contributed by atoms with Crippen molar-refractivity contribution in [3.8, 4) is 0 Å². The van der Waals surface area contributed by atoms with Crippen molar-refractivity contribution in [1.82, 2.24) is 19.9 Å². The van der Waals surface area contributed by atoms with Crippen molar-refractivity contribution < 1.29 is 9.18 Å². The van der Waals surface area contributed by atoms with Crippen LogP contribution in [0.5, 0.6) is 0 Å². The molecule has 1 aliphatic heterocycles. The zero-order valence-electron chi connectivity index (χ0n) is 15.8. The van der Waals surface area contributed by atoms with Crippen LogP contribution in [0.1, 0.15) is 16.1 Å². The van der Waals surface area contributed by atoms with Gasteiger partial charge < -0.3 is 15.1 Å². The van der Waals surface area contributed by atoms with Crippen molar-refractivity contribution in [2.24, 2.45) is 0 Å². The van der Waals surface area contributed by atoms with Crippen LogP contribution in [0, 0.1) is 5.82 Å². The maximum atomic E-state index is 14.0. The lowest BCUT2D eigenvalue weighted by Crippen LogP contribution is -2.49. The lowest BCUT2D eigenvalue weighted by atomic mass is 10.2. The Morgan fingerprint density at radius 2 is 1.69 bits per heavy atom. The average molecular weight is 392 g/mol. The summed E-state index contributed by atoms with van der Waals surface area (Å²) in [6.07, 6.45) is 4.78. The molecule has 0 atom stereocenters. The lowest BCUT2D eigenvalue weighted by molar-refractivity contribution is 0.0746. The fraction of sp³-hybridized carbons (Fsp3) is 0.238. The van der Waals surface area contributed by atoms with Crippen LogP contribution in [-0.2, 0) is 6.54 Å². The highest BCUT2D eigenvalue weighted by Crippen LogP contribution is 2.20. The zero-order chi connectivity index (χ0) is 20.1. The largest absolute Gasteiger partial charge is 0.366 e. The quantitative estimate of drug-likeness (QED) is 0.720. The fourth-order valence-corrected chi connectivity index (χ4v) is 3.24. The van der Waals surface area contributed by atoms with Gasteiger partial charge in [0.25, 0.3) is 5.91 Å². The predicted molar refractivity (Wildman–Crippen MR) is 108 cm³/mol. The molecule has 4 rings (SSSR count). The molecule has 0 saturated carbocycles. The van der Waals surface area contributed by atoms with Crippen LogP contribution in [0.25, 0.3) is 0 Å². The van der Waals surface area contributed by atoms with E-state index in [4.69, 9.17) is 0 Å². The zero-order valence-corrected chi connectivity index (χ0v) is 15.8. The van der Waals surface area contributed by atoms with Gasteiger partial charge in [0.05, 0.1) is 23.5 Å². The second-order valence-corrected chi connectivity index (χ2v) is 6.70. The number of piperazine rings is 1. The Labute approximate surface area is 168 Å². The predicted octanol–water partition coefficient (Wildman–Crippen LogP) is 2.59. The van der Waals surface area contributed by atoms with Gasteiger partial charge in [0.2, 0.25) is 5.95 Å². The molecule has 1 N–H and O–H groups in total. The van der Waals surface area contributed by atoms with Crippen LogP contribution < -0.4 is 10.2 Å². The third-order valence-electron chi connectivity index (χ3n) is 4.81. The normalized spacial score (nSPS) is 14.0. The molecule has 2 aromatic heterocycles. The van der Waals surface area contributed by atoms with Crippen molar-refractivity contribution in [2.45, 2.75) is 6.54 Å². The molecule has 3 aromatic rings. The first-order chi connectivity index (χ1) is 14.2. The molecule has 8 heteroatoms. The second kappa shape index (κ2) is 8.64. The maximum absolute atomic E-state index is 14.0. The molecular formula is C21H21FN6O. The number of hydrogen-bond acceptors (Lipinski definition) is 6. The number of para-hydroxylation sites is 1. The Kier molecular flexibility index (Phi) is 5.60. The summed E-state index contributed by atoms with van der Waals surface area (Å²) in [7, 11) is 0. The summed E-state index contributed by atoms with van der Waals surface area (Å²) < 4.78 is 14.0. The SMILES string of the molecule is O=C(c1cnc(NCc2ccccn2)nc1)N1CCN(c2ccccc2F)CC1. The van der Waals surface area contributed by atoms with E-state index in [1.165, 1.54) is 18.5 Å². The van der Waals surface area contributed by atoms with Crippen LogP contribution in [0.15, 0.2) is 61.1 Å². The molecule has 0 aliphatic carbocycles. The summed E-state index contributed by atoms with van der Waals surface area (Å²) in [6.45, 7) is 2.71. The number of benzene rings is 1. The molecule has 0 spiro atoms. The van der Waals surface area contributed by atoms with Gasteiger partial charge >= 0.3 is 0 Å². The van der Waals surface area contributed by atoms with Gasteiger partial charge in [0, 0.05) is 44.8 Å². The number of amides is 1. The van der Waals surface area contributed by atoms with Gasteiger partial charge in [-0.2, -0.15) is 0 Å². The Bertz CT molecular complexity index is 958. The minimum Gasteiger partial charge on any atom is -0.366 e. The number of anilines is 2. The van der Waals surface area contributed by atoms with Crippen molar-refractivity contribution in [3.63, 3.8) is 0 Å². The van der Waals surface area contributed by atoms with E-state index in [9.17, 15) is 9.18 Å². The van der Waals surface area contributed by atoms with Crippen LogP contribution in [0.3, 0.4) is 0 Å². The van der Waals surface area contributed by atoms with E-state index < -0.39 is 0 Å². The Balaban J connectivity index is 1.32. The number of nitrogens with zero attached hydrogens (tertiary/aromatic N) is 5. The van der Waals surface area contributed by atoms with Crippen LogP contribution in [-0.4, -0.2) is 51.9 Å². The number of pyridine rings is 1. The Morgan fingerprint density at radius 1 is 0.966 bits per heavy atom. The highest BCUT2D eigenvalue weighted by Gasteiger charge is 2.24. The molecule has 1 fully saturated rings. The topological polar surface area (TPSA) is 74.2 Å². The number of hydrogen-bond donors (Lipinski definition) is 1. The van der Waals surface area contributed by atoms with E-state index >= 15 is 0 Å². The molecule has 0 radical (unpaired) electrons. The molecule has 7 nitrogen and oxygen atoms in total. The Hall–Kier alpha value is -3.55. The van der Waals surface area contributed by atoms with Gasteiger partial charge in [0.1, 0.15) is 5.82 Å². The van der Waals surface area contributed by atoms with Gasteiger partial charge in [-0.25, -0.2) is 14.4 Å². The van der Waals surface area contributed by atoms with Crippen molar-refractivity contribution in [2.75, 3.05) is 36.4 Å². The summed E-state index contributed by atoms with van der Waals surface area (Å²) in [6, 6.07) is 12.4. The Morgan fingerprint density at radius 3 is 2.38 bits per heavy atom. The van der Waals surface area contributed by atoms with Crippen LogP contribution >= 0.6 is 0 Å². The molecule has 29 heavy (non-hydrogen) atoms. The van der Waals surface area contributed by atoms with E-state index in [1.807, 2.05) is 29.2 Å². The molecule has 3 heterocycles. The fourth-order valence-electron chi connectivity index (χ4n) is 3.24. The number of rotatable bonds is 5. The molecule has 148 valence electrons. The third kappa shape index (κ3) is 4.48. The van der Waals surface area contributed by atoms with Gasteiger partial charge in [-0.1, -0.05) is 18.2 Å². The highest BCUT2D eigenvalue weighted by atomic mass is 19.1. The monoisotopic (exact) mass is 392 g/mol. The standard InChI is InChI=1S/C21H21FN6O/c22-18-6-1-2-7-19(18)27-9-11-28(12-10-27)20(29)16-13-24-21(25-14-16)26-15-17-5-3-4-8-23-17/h1-8,13-14H,9-12,15H2,(H,24,25,26). The maximum Gasteiger partial charge on any atom is 0.257 e. The minimum atomic E-state index is -0.241. The van der Waals surface area contributed by atoms with Gasteiger partial charge in [-0.05, 0) is 24.3 Å². The summed E-state index contributed by atoms with van der Waals surface area (Å²) in [5.41, 5.74) is 1.89. The molecule has 0 bridgehead atoms. The van der Waals surface area contributed by atoms with E-state index in [0.29, 0.717) is 49.9 Å². The van der Waals surface area contributed by atoms with Crippen molar-refractivity contribution >= 4 is 17.5 Å². The van der Waals surface area contributed by atoms with Gasteiger partial charge in [-0.3, -0.25) is 9.78 Å². The van der Waals surface area contributed by atoms with Crippen molar-refractivity contribution in [3.05, 3.63) is 78.1 Å².